The molecule has 0 aliphatic rings. The lowest BCUT2D eigenvalue weighted by atomic mass is 10.2. The number of aromatic nitrogens is 5. The number of rotatable bonds is 21. The second-order valence-corrected chi connectivity index (χ2v) is 18.9. The van der Waals surface area contributed by atoms with E-state index < -0.39 is 20.2 Å². The number of hydrogen-bond donors (Lipinski definition) is 5. The Hall–Kier alpha value is -5.16. The first-order valence-electron chi connectivity index (χ1n) is 18.7. The SMILES string of the molecule is CCN(CC)c1cc(Nc2nc(Nc3cc(N(CC)CC)c(OC)cc3/N=N/c3nc(C)c(S(=O)(=O)O)s3)nc(SCCO)n2)c(/N=N/c2nc(C)c(S(=O)(=O)O)s2)cc1OC. The van der Waals surface area contributed by atoms with Gasteiger partial charge in [-0.25, -0.2) is 9.97 Å². The van der Waals surface area contributed by atoms with Crippen LogP contribution in [-0.4, -0.2) is 109 Å². The first-order chi connectivity index (χ1) is 29.5. The molecule has 3 aromatic heterocycles. The van der Waals surface area contributed by atoms with E-state index in [1.165, 1.54) is 28.1 Å². The van der Waals surface area contributed by atoms with E-state index in [0.29, 0.717) is 83.1 Å². The Morgan fingerprint density at radius 2 is 1.06 bits per heavy atom. The number of benzene rings is 2. The molecule has 0 bridgehead atoms. The van der Waals surface area contributed by atoms with Crippen LogP contribution in [0.25, 0.3) is 0 Å². The van der Waals surface area contributed by atoms with Crippen molar-refractivity contribution in [3.8, 4) is 11.5 Å². The summed E-state index contributed by atoms with van der Waals surface area (Å²) in [6.45, 7) is 13.2. The van der Waals surface area contributed by atoms with Crippen molar-refractivity contribution in [1.82, 2.24) is 24.9 Å². The number of nitrogens with one attached hydrogen (secondary N) is 2. The molecule has 5 aromatic rings. The molecule has 5 N–H and O–H groups in total. The average molecular weight is 952 g/mol. The van der Waals surface area contributed by atoms with Crippen LogP contribution in [0, 0.1) is 13.8 Å². The number of nitrogens with zero attached hydrogens (tertiary/aromatic N) is 11. The summed E-state index contributed by atoms with van der Waals surface area (Å²) in [5.41, 5.74) is 2.72. The van der Waals surface area contributed by atoms with Crippen LogP contribution < -0.4 is 29.9 Å². The number of methoxy groups -OCH3 is 2. The summed E-state index contributed by atoms with van der Waals surface area (Å²) in [4.78, 5) is 26.3. The molecule has 0 aliphatic carbocycles. The van der Waals surface area contributed by atoms with Gasteiger partial charge in [-0.3, -0.25) is 9.11 Å². The Morgan fingerprint density at radius 3 is 1.39 bits per heavy atom. The summed E-state index contributed by atoms with van der Waals surface area (Å²) in [5.74, 6) is 1.28. The van der Waals surface area contributed by atoms with Crippen molar-refractivity contribution in [3.05, 3.63) is 35.7 Å². The van der Waals surface area contributed by atoms with Crippen molar-refractivity contribution in [2.24, 2.45) is 20.5 Å². The zero-order chi connectivity index (χ0) is 45.4. The molecule has 334 valence electrons. The van der Waals surface area contributed by atoms with Crippen molar-refractivity contribution < 1.29 is 40.5 Å². The van der Waals surface area contributed by atoms with Gasteiger partial charge in [0.05, 0.1) is 55.0 Å². The molecule has 22 nitrogen and oxygen atoms in total. The standard InChI is InChI=1S/C35H45N13O9S5/c1-9-47(10-2)25-15-21(23(17-27(25)56-7)43-45-34-36-19(5)29(59-34)61(50,51)52)38-31-40-32(42-33(41-31)58-14-13-49)39-22-16-26(48(11-3)12-4)28(57-8)18-24(22)44-46-35-37-20(6)30(60-35)62(53,54)55/h15-18,49H,9-14H2,1-8H3,(H,50,51,52)(H,53,54,55)(H2,38,39,40,41,42)/b45-43+,46-44+. The Morgan fingerprint density at radius 1 is 0.661 bits per heavy atom. The number of thiazole rings is 2. The van der Waals surface area contributed by atoms with E-state index in [1.54, 1.807) is 24.3 Å². The highest BCUT2D eigenvalue weighted by molar-refractivity contribution is 7.99. The van der Waals surface area contributed by atoms with Gasteiger partial charge < -0.3 is 35.0 Å². The van der Waals surface area contributed by atoms with Gasteiger partial charge in [-0.1, -0.05) is 34.4 Å². The van der Waals surface area contributed by atoms with Crippen LogP contribution in [0.1, 0.15) is 39.1 Å². The van der Waals surface area contributed by atoms with Gasteiger partial charge in [-0.15, -0.1) is 20.5 Å². The van der Waals surface area contributed by atoms with Gasteiger partial charge in [0.25, 0.3) is 0 Å². The van der Waals surface area contributed by atoms with E-state index in [-0.39, 0.29) is 70.9 Å². The molecule has 5 rings (SSSR count). The second kappa shape index (κ2) is 20.8. The minimum Gasteiger partial charge on any atom is -0.494 e. The van der Waals surface area contributed by atoms with Gasteiger partial charge in [0.15, 0.2) is 13.6 Å². The molecule has 62 heavy (non-hydrogen) atoms. The van der Waals surface area contributed by atoms with E-state index in [0.717, 1.165) is 11.8 Å². The molecule has 0 radical (unpaired) electrons. The van der Waals surface area contributed by atoms with E-state index in [2.05, 4.69) is 65.8 Å². The Bertz CT molecular complexity index is 2490. The number of hydrogen-bond acceptors (Lipinski definition) is 23. The van der Waals surface area contributed by atoms with E-state index >= 15 is 0 Å². The molecular weight excluding hydrogens is 907 g/mol. The summed E-state index contributed by atoms with van der Waals surface area (Å²) >= 11 is 2.46. The third kappa shape index (κ3) is 11.6. The topological polar surface area (TPSA) is 292 Å². The maximum atomic E-state index is 11.9. The smallest absolute Gasteiger partial charge is 0.306 e. The van der Waals surface area contributed by atoms with E-state index in [9.17, 15) is 31.0 Å². The fraction of sp³-hybridized carbons (Fsp3) is 0.400. The molecule has 0 unspecified atom stereocenters. The van der Waals surface area contributed by atoms with Gasteiger partial charge >= 0.3 is 20.2 Å². The first-order valence-corrected chi connectivity index (χ1v) is 24.2. The highest BCUT2D eigenvalue weighted by atomic mass is 32.3. The molecule has 0 saturated carbocycles. The zero-order valence-electron chi connectivity index (χ0n) is 34.8. The minimum absolute atomic E-state index is 0.0254. The molecule has 2 aromatic carbocycles. The van der Waals surface area contributed by atoms with Gasteiger partial charge in [-0.2, -0.15) is 31.8 Å². The predicted molar refractivity (Wildman–Crippen MR) is 239 cm³/mol. The highest BCUT2D eigenvalue weighted by Crippen LogP contribution is 2.43. The summed E-state index contributed by atoms with van der Waals surface area (Å²) in [6, 6.07) is 6.83. The Kier molecular flexibility index (Phi) is 16.1. The number of azo groups is 2. The Balaban J connectivity index is 1.65. The summed E-state index contributed by atoms with van der Waals surface area (Å²) in [6.07, 6.45) is 0. The van der Waals surface area contributed by atoms with Gasteiger partial charge in [-0.05, 0) is 53.7 Å². The van der Waals surface area contributed by atoms with Crippen LogP contribution in [0.2, 0.25) is 0 Å². The van der Waals surface area contributed by atoms with E-state index in [1.807, 2.05) is 27.7 Å². The van der Waals surface area contributed by atoms with Crippen LogP contribution in [0.5, 0.6) is 11.5 Å². The first kappa shape index (κ1) is 47.9. The third-order valence-corrected chi connectivity index (χ3v) is 14.5. The second-order valence-electron chi connectivity index (χ2n) is 12.6. The van der Waals surface area contributed by atoms with Crippen molar-refractivity contribution in [3.63, 3.8) is 0 Å². The number of anilines is 6. The van der Waals surface area contributed by atoms with Crippen molar-refractivity contribution in [1.29, 1.82) is 0 Å². The molecule has 3 heterocycles. The zero-order valence-corrected chi connectivity index (χ0v) is 38.9. The lowest BCUT2D eigenvalue weighted by Crippen LogP contribution is -2.22. The quantitative estimate of drug-likeness (QED) is 0.0264. The molecule has 0 atom stereocenters. The molecule has 0 fully saturated rings. The van der Waals surface area contributed by atoms with Gasteiger partial charge in [0.1, 0.15) is 22.9 Å². The van der Waals surface area contributed by atoms with Crippen LogP contribution in [0.4, 0.5) is 56.3 Å². The fourth-order valence-electron chi connectivity index (χ4n) is 5.84. The normalized spacial score (nSPS) is 12.0. The number of ether oxygens (including phenoxy) is 2. The minimum atomic E-state index is -4.53. The molecular formula is C35H45N13O9S5. The van der Waals surface area contributed by atoms with Crippen LogP contribution in [0.15, 0.2) is 58.3 Å². The molecule has 0 spiro atoms. The van der Waals surface area contributed by atoms with E-state index in [4.69, 9.17) is 9.47 Å². The largest absolute Gasteiger partial charge is 0.494 e. The van der Waals surface area contributed by atoms with Crippen molar-refractivity contribution >= 4 is 111 Å². The van der Waals surface area contributed by atoms with Crippen LogP contribution >= 0.6 is 34.4 Å². The number of aliphatic hydroxyl groups is 1. The fourth-order valence-corrected chi connectivity index (χ4v) is 9.79. The number of thioether (sulfide) groups is 1. The maximum absolute atomic E-state index is 11.9. The molecule has 0 saturated heterocycles. The van der Waals surface area contributed by atoms with Crippen LogP contribution in [0.3, 0.4) is 0 Å². The van der Waals surface area contributed by atoms with Gasteiger partial charge in [0.2, 0.25) is 22.2 Å². The highest BCUT2D eigenvalue weighted by Gasteiger charge is 2.23. The Labute approximate surface area is 370 Å². The monoisotopic (exact) mass is 951 g/mol. The average Bonchev–Trinajstić information content (AvgIpc) is 3.81. The van der Waals surface area contributed by atoms with Gasteiger partial charge in [0, 0.05) is 44.1 Å². The maximum Gasteiger partial charge on any atom is 0.306 e. The third-order valence-electron chi connectivity index (χ3n) is 8.67. The molecule has 27 heteroatoms. The summed E-state index contributed by atoms with van der Waals surface area (Å²) in [7, 11) is -6.03. The number of aryl methyl sites for hydroxylation is 2. The van der Waals surface area contributed by atoms with Crippen LogP contribution in [-0.2, 0) is 20.2 Å². The van der Waals surface area contributed by atoms with Crippen molar-refractivity contribution in [2.45, 2.75) is 55.1 Å². The lowest BCUT2D eigenvalue weighted by Gasteiger charge is -2.25. The lowest BCUT2D eigenvalue weighted by molar-refractivity contribution is 0.322. The predicted octanol–water partition coefficient (Wildman–Crippen LogP) is 8.01. The summed E-state index contributed by atoms with van der Waals surface area (Å²) in [5, 5.41) is 33.5. The van der Waals surface area contributed by atoms with Crippen molar-refractivity contribution in [2.75, 3.05) is 73.2 Å². The summed E-state index contributed by atoms with van der Waals surface area (Å²) < 4.78 is 77.5. The molecule has 0 amide bonds. The molecule has 0 aliphatic heterocycles. The number of aliphatic hydroxyl groups excluding tert-OH is 1.